The lowest BCUT2D eigenvalue weighted by atomic mass is 10.2. The fraction of sp³-hybridized carbons (Fsp3) is 0.250. The number of nitrogens with zero attached hydrogens (tertiary/aromatic N) is 2. The van der Waals surface area contributed by atoms with E-state index in [0.717, 1.165) is 16.8 Å². The molecule has 0 saturated carbocycles. The Morgan fingerprint density at radius 1 is 1.30 bits per heavy atom. The summed E-state index contributed by atoms with van der Waals surface area (Å²) >= 11 is 0. The van der Waals surface area contributed by atoms with E-state index in [2.05, 4.69) is 9.83 Å². The van der Waals surface area contributed by atoms with Gasteiger partial charge in [0.2, 0.25) is 0 Å². The molecule has 0 N–H and O–H groups in total. The van der Waals surface area contributed by atoms with Gasteiger partial charge in [0.05, 0.1) is 6.57 Å². The van der Waals surface area contributed by atoms with Crippen molar-refractivity contribution in [3.8, 4) is 0 Å². The van der Waals surface area contributed by atoms with Crippen molar-refractivity contribution in [3.63, 3.8) is 0 Å². The van der Waals surface area contributed by atoms with E-state index in [1.54, 1.807) is 12.4 Å². The van der Waals surface area contributed by atoms with Crippen LogP contribution in [-0.4, -0.2) is 4.98 Å². The Kier molecular flexibility index (Phi) is 1.68. The molecule has 0 aromatic carbocycles. The van der Waals surface area contributed by atoms with Crippen LogP contribution in [0.2, 0.25) is 0 Å². The SMILES string of the molecule is [C-]#[N+]c1c(C)cncc1C. The Bertz CT molecular complexity index is 264. The molecule has 0 atom stereocenters. The number of hydrogen-bond acceptors (Lipinski definition) is 1. The van der Waals surface area contributed by atoms with Gasteiger partial charge in [-0.2, -0.15) is 0 Å². The monoisotopic (exact) mass is 132 g/mol. The Morgan fingerprint density at radius 2 is 1.80 bits per heavy atom. The Labute approximate surface area is 60.3 Å². The van der Waals surface area contributed by atoms with E-state index >= 15 is 0 Å². The first-order valence-electron chi connectivity index (χ1n) is 3.04. The van der Waals surface area contributed by atoms with Gasteiger partial charge in [-0.15, -0.1) is 0 Å². The molecule has 0 fully saturated rings. The Hall–Kier alpha value is -1.36. The number of pyridine rings is 1. The molecule has 1 rings (SSSR count). The third kappa shape index (κ3) is 0.985. The van der Waals surface area contributed by atoms with E-state index in [4.69, 9.17) is 6.57 Å². The van der Waals surface area contributed by atoms with Crippen molar-refractivity contribution in [3.05, 3.63) is 34.9 Å². The van der Waals surface area contributed by atoms with Gasteiger partial charge in [0.25, 0.3) is 0 Å². The van der Waals surface area contributed by atoms with Crippen molar-refractivity contribution in [1.29, 1.82) is 0 Å². The molecular weight excluding hydrogens is 124 g/mol. The van der Waals surface area contributed by atoms with E-state index in [-0.39, 0.29) is 0 Å². The van der Waals surface area contributed by atoms with Crippen molar-refractivity contribution in [2.75, 3.05) is 0 Å². The predicted octanol–water partition coefficient (Wildman–Crippen LogP) is 2.25. The van der Waals surface area contributed by atoms with Crippen LogP contribution in [0.1, 0.15) is 11.1 Å². The van der Waals surface area contributed by atoms with E-state index < -0.39 is 0 Å². The van der Waals surface area contributed by atoms with Gasteiger partial charge >= 0.3 is 0 Å². The van der Waals surface area contributed by atoms with Crippen LogP contribution in [0, 0.1) is 20.4 Å². The summed E-state index contributed by atoms with van der Waals surface area (Å²) in [7, 11) is 0. The first-order valence-corrected chi connectivity index (χ1v) is 3.04. The maximum absolute atomic E-state index is 6.82. The summed E-state index contributed by atoms with van der Waals surface area (Å²) in [6, 6.07) is 0. The van der Waals surface area contributed by atoms with Gasteiger partial charge in [-0.1, -0.05) is 0 Å². The van der Waals surface area contributed by atoms with Crippen molar-refractivity contribution < 1.29 is 0 Å². The fourth-order valence-electron chi connectivity index (χ4n) is 0.871. The number of aromatic nitrogens is 1. The zero-order chi connectivity index (χ0) is 7.56. The smallest absolute Gasteiger partial charge is 0.196 e. The standard InChI is InChI=1S/C8H8N2/c1-6-4-10-5-7(2)8(6)9-3/h4-5H,1-2H3. The Morgan fingerprint density at radius 3 is 2.10 bits per heavy atom. The van der Waals surface area contributed by atoms with Crippen LogP contribution in [0.3, 0.4) is 0 Å². The van der Waals surface area contributed by atoms with Crippen LogP contribution < -0.4 is 0 Å². The topological polar surface area (TPSA) is 17.2 Å². The summed E-state index contributed by atoms with van der Waals surface area (Å²) in [5.41, 5.74) is 2.64. The van der Waals surface area contributed by atoms with Crippen LogP contribution in [0.5, 0.6) is 0 Å². The highest BCUT2D eigenvalue weighted by atomic mass is 14.7. The summed E-state index contributed by atoms with van der Waals surface area (Å²) in [5, 5.41) is 0. The average Bonchev–Trinajstić information content (AvgIpc) is 1.88. The molecule has 1 heterocycles. The second-order valence-corrected chi connectivity index (χ2v) is 2.23. The van der Waals surface area contributed by atoms with Gasteiger partial charge in [0.1, 0.15) is 0 Å². The molecule has 2 heteroatoms. The molecule has 0 unspecified atom stereocenters. The second kappa shape index (κ2) is 2.49. The van der Waals surface area contributed by atoms with E-state index in [1.807, 2.05) is 13.8 Å². The lowest BCUT2D eigenvalue weighted by Gasteiger charge is -1.97. The predicted molar refractivity (Wildman–Crippen MR) is 40.0 cm³/mol. The highest BCUT2D eigenvalue weighted by molar-refractivity contribution is 5.55. The zero-order valence-electron chi connectivity index (χ0n) is 6.05. The van der Waals surface area contributed by atoms with Crippen LogP contribution in [-0.2, 0) is 0 Å². The third-order valence-electron chi connectivity index (χ3n) is 1.40. The zero-order valence-corrected chi connectivity index (χ0v) is 6.05. The number of rotatable bonds is 0. The fourth-order valence-corrected chi connectivity index (χ4v) is 0.871. The summed E-state index contributed by atoms with van der Waals surface area (Å²) in [5.74, 6) is 0. The van der Waals surface area contributed by atoms with E-state index in [0.29, 0.717) is 0 Å². The highest BCUT2D eigenvalue weighted by Crippen LogP contribution is 2.20. The van der Waals surface area contributed by atoms with Gasteiger partial charge in [-0.3, -0.25) is 4.98 Å². The Balaban J connectivity index is 3.34. The molecule has 0 saturated heterocycles. The molecule has 2 nitrogen and oxygen atoms in total. The maximum atomic E-state index is 6.82. The second-order valence-electron chi connectivity index (χ2n) is 2.23. The van der Waals surface area contributed by atoms with Crippen molar-refractivity contribution in [1.82, 2.24) is 4.98 Å². The van der Waals surface area contributed by atoms with Crippen molar-refractivity contribution in [2.45, 2.75) is 13.8 Å². The third-order valence-corrected chi connectivity index (χ3v) is 1.40. The molecular formula is C8H8N2. The molecule has 0 amide bonds. The molecule has 10 heavy (non-hydrogen) atoms. The van der Waals surface area contributed by atoms with Crippen molar-refractivity contribution >= 4 is 5.69 Å². The van der Waals surface area contributed by atoms with Crippen LogP contribution >= 0.6 is 0 Å². The number of hydrogen-bond donors (Lipinski definition) is 0. The molecule has 0 aliphatic rings. The molecule has 1 aromatic heterocycles. The summed E-state index contributed by atoms with van der Waals surface area (Å²) in [6.45, 7) is 10.6. The summed E-state index contributed by atoms with van der Waals surface area (Å²) in [4.78, 5) is 7.33. The first-order chi connectivity index (χ1) is 4.75. The molecule has 0 spiro atoms. The van der Waals surface area contributed by atoms with Gasteiger partial charge in [0, 0.05) is 12.4 Å². The molecule has 0 bridgehead atoms. The lowest BCUT2D eigenvalue weighted by Crippen LogP contribution is -1.80. The lowest BCUT2D eigenvalue weighted by molar-refractivity contribution is 1.23. The average molecular weight is 132 g/mol. The molecule has 0 aliphatic heterocycles. The largest absolute Gasteiger partial charge is 0.267 e. The van der Waals surface area contributed by atoms with Crippen LogP contribution in [0.4, 0.5) is 5.69 Å². The van der Waals surface area contributed by atoms with E-state index in [9.17, 15) is 0 Å². The molecule has 0 radical (unpaired) electrons. The van der Waals surface area contributed by atoms with Gasteiger partial charge in [-0.05, 0) is 25.0 Å². The molecule has 50 valence electrons. The van der Waals surface area contributed by atoms with E-state index in [1.165, 1.54) is 0 Å². The number of aryl methyl sites for hydroxylation is 2. The summed E-state index contributed by atoms with van der Waals surface area (Å²) < 4.78 is 0. The van der Waals surface area contributed by atoms with Crippen LogP contribution in [0.15, 0.2) is 12.4 Å². The quantitative estimate of drug-likeness (QED) is 0.495. The van der Waals surface area contributed by atoms with Gasteiger partial charge < -0.3 is 0 Å². The van der Waals surface area contributed by atoms with Gasteiger partial charge in [-0.25, -0.2) is 4.85 Å². The van der Waals surface area contributed by atoms with Crippen molar-refractivity contribution in [2.24, 2.45) is 0 Å². The normalized spacial score (nSPS) is 8.90. The summed E-state index contributed by atoms with van der Waals surface area (Å²) in [6.07, 6.45) is 3.42. The highest BCUT2D eigenvalue weighted by Gasteiger charge is 1.99. The van der Waals surface area contributed by atoms with Gasteiger partial charge in [0.15, 0.2) is 5.69 Å². The minimum Gasteiger partial charge on any atom is -0.267 e. The first kappa shape index (κ1) is 6.76. The van der Waals surface area contributed by atoms with Crippen LogP contribution in [0.25, 0.3) is 4.85 Å². The maximum Gasteiger partial charge on any atom is 0.196 e. The minimum atomic E-state index is 0.731. The molecule has 0 aliphatic carbocycles. The molecule has 1 aromatic rings. The minimum absolute atomic E-state index is 0.731.